The van der Waals surface area contributed by atoms with E-state index in [9.17, 15) is 9.18 Å². The number of ether oxygens (including phenoxy) is 1. The number of pyridine rings is 1. The number of rotatable bonds is 4. The zero-order valence-electron chi connectivity index (χ0n) is 17.9. The maximum atomic E-state index is 14.6. The third-order valence-electron chi connectivity index (χ3n) is 5.87. The number of hydrogen-bond acceptors (Lipinski definition) is 5. The van der Waals surface area contributed by atoms with Crippen molar-refractivity contribution in [2.45, 2.75) is 18.9 Å². The van der Waals surface area contributed by atoms with Crippen molar-refractivity contribution in [3.05, 3.63) is 88.3 Å². The summed E-state index contributed by atoms with van der Waals surface area (Å²) in [5.41, 5.74) is 2.33. The Bertz CT molecular complexity index is 1450. The van der Waals surface area contributed by atoms with Crippen LogP contribution in [0, 0.1) is 12.4 Å². The van der Waals surface area contributed by atoms with Crippen molar-refractivity contribution < 1.29 is 9.13 Å². The van der Waals surface area contributed by atoms with E-state index in [1.54, 1.807) is 30.6 Å². The van der Waals surface area contributed by atoms with E-state index >= 15 is 0 Å². The van der Waals surface area contributed by atoms with Crippen molar-refractivity contribution in [2.24, 2.45) is 0 Å². The topological polar surface area (TPSA) is 73.4 Å². The lowest BCUT2D eigenvalue weighted by molar-refractivity contribution is 0.386. The van der Waals surface area contributed by atoms with Crippen molar-refractivity contribution in [3.63, 3.8) is 0 Å². The molecule has 33 heavy (non-hydrogen) atoms. The van der Waals surface area contributed by atoms with Crippen LogP contribution in [0.3, 0.4) is 0 Å². The highest BCUT2D eigenvalue weighted by molar-refractivity contribution is 5.96. The number of halogens is 1. The lowest BCUT2D eigenvalue weighted by atomic mass is 10.0. The molecule has 2 aromatic heterocycles. The third-order valence-corrected chi connectivity index (χ3v) is 5.87. The van der Waals surface area contributed by atoms with Gasteiger partial charge < -0.3 is 10.1 Å². The summed E-state index contributed by atoms with van der Waals surface area (Å²) >= 11 is 0. The Morgan fingerprint density at radius 2 is 2.03 bits per heavy atom. The molecular formula is C25H20FN5O2. The van der Waals surface area contributed by atoms with E-state index in [0.717, 1.165) is 24.9 Å². The number of fused-ring (bicyclic) bond motifs is 1. The van der Waals surface area contributed by atoms with E-state index in [4.69, 9.17) is 16.3 Å². The highest BCUT2D eigenvalue weighted by Crippen LogP contribution is 2.33. The Labute approximate surface area is 189 Å². The fourth-order valence-corrected chi connectivity index (χ4v) is 4.29. The molecule has 1 aliphatic rings. The molecule has 1 fully saturated rings. The number of benzene rings is 2. The molecule has 2 aromatic carbocycles. The second-order valence-corrected chi connectivity index (χ2v) is 7.82. The Hall–Kier alpha value is -4.09. The molecule has 1 atom stereocenters. The van der Waals surface area contributed by atoms with Gasteiger partial charge in [0.25, 0.3) is 5.56 Å². The van der Waals surface area contributed by atoms with Crippen molar-refractivity contribution in [1.29, 1.82) is 0 Å². The normalized spacial score (nSPS) is 15.5. The summed E-state index contributed by atoms with van der Waals surface area (Å²) in [6.07, 6.45) is 5.07. The molecule has 4 aromatic rings. The lowest BCUT2D eigenvalue weighted by Crippen LogP contribution is -2.29. The first-order valence-electron chi connectivity index (χ1n) is 10.6. The zero-order chi connectivity index (χ0) is 22.9. The van der Waals surface area contributed by atoms with Crippen LogP contribution in [-0.2, 0) is 0 Å². The number of hydrogen-bond donors (Lipinski definition) is 1. The van der Waals surface area contributed by atoms with E-state index in [-0.39, 0.29) is 17.4 Å². The minimum Gasteiger partial charge on any atom is -0.494 e. The Balaban J connectivity index is 1.86. The molecule has 0 bridgehead atoms. The number of nitrogens with one attached hydrogen (secondary N) is 1. The van der Waals surface area contributed by atoms with Crippen LogP contribution in [0.15, 0.2) is 59.7 Å². The van der Waals surface area contributed by atoms with Crippen LogP contribution in [0.4, 0.5) is 10.1 Å². The largest absolute Gasteiger partial charge is 0.494 e. The SMILES string of the molecule is [C-]#[N+]c1cc(-c2ccncc2)c2nc([C@H]3CCCN3)n(-c3ccc(OC)c(F)c3)c(=O)c2c1. The van der Waals surface area contributed by atoms with Gasteiger partial charge in [-0.3, -0.25) is 14.3 Å². The monoisotopic (exact) mass is 441 g/mol. The van der Waals surface area contributed by atoms with Crippen molar-refractivity contribution >= 4 is 16.6 Å². The smallest absolute Gasteiger partial charge is 0.264 e. The van der Waals surface area contributed by atoms with Crippen LogP contribution in [0.2, 0.25) is 0 Å². The van der Waals surface area contributed by atoms with Gasteiger partial charge in [0.1, 0.15) is 5.82 Å². The fraction of sp³-hybridized carbons (Fsp3) is 0.200. The van der Waals surface area contributed by atoms with Gasteiger partial charge in [0.05, 0.1) is 36.3 Å². The molecule has 7 nitrogen and oxygen atoms in total. The average molecular weight is 441 g/mol. The molecule has 0 saturated carbocycles. The van der Waals surface area contributed by atoms with Gasteiger partial charge in [0.2, 0.25) is 0 Å². The molecule has 0 unspecified atom stereocenters. The van der Waals surface area contributed by atoms with Gasteiger partial charge in [-0.25, -0.2) is 14.2 Å². The summed E-state index contributed by atoms with van der Waals surface area (Å²) in [4.78, 5) is 26.4. The van der Waals surface area contributed by atoms with E-state index in [0.29, 0.717) is 33.7 Å². The molecule has 5 rings (SSSR count). The standard InChI is InChI=1S/C25H20FN5O2/c1-27-16-12-18(15-7-10-28-11-8-15)23-19(13-16)25(32)31(24(30-23)21-4-3-9-29-21)17-5-6-22(33-2)20(26)14-17/h5-8,10-14,21,29H,3-4,9H2,2H3/t21-/m1/s1. The first-order chi connectivity index (χ1) is 16.1. The molecule has 1 aliphatic heterocycles. The quantitative estimate of drug-likeness (QED) is 0.470. The van der Waals surface area contributed by atoms with Crippen LogP contribution in [0.25, 0.3) is 32.6 Å². The van der Waals surface area contributed by atoms with Gasteiger partial charge >= 0.3 is 0 Å². The van der Waals surface area contributed by atoms with E-state index in [1.807, 2.05) is 12.1 Å². The molecule has 0 spiro atoms. The Morgan fingerprint density at radius 1 is 1.21 bits per heavy atom. The van der Waals surface area contributed by atoms with Gasteiger partial charge in [-0.1, -0.05) is 0 Å². The predicted molar refractivity (Wildman–Crippen MR) is 123 cm³/mol. The zero-order valence-corrected chi connectivity index (χ0v) is 17.9. The maximum absolute atomic E-state index is 14.6. The van der Waals surface area contributed by atoms with Gasteiger partial charge in [-0.2, -0.15) is 0 Å². The van der Waals surface area contributed by atoms with Crippen LogP contribution in [-0.4, -0.2) is 28.2 Å². The summed E-state index contributed by atoms with van der Waals surface area (Å²) in [5.74, 6) is 0.0384. The average Bonchev–Trinajstić information content (AvgIpc) is 3.39. The first kappa shape index (κ1) is 20.8. The maximum Gasteiger partial charge on any atom is 0.264 e. The van der Waals surface area contributed by atoms with E-state index < -0.39 is 5.82 Å². The van der Waals surface area contributed by atoms with Crippen LogP contribution < -0.4 is 15.6 Å². The minimum absolute atomic E-state index is 0.0938. The van der Waals surface area contributed by atoms with E-state index in [1.165, 1.54) is 23.8 Å². The summed E-state index contributed by atoms with van der Waals surface area (Å²) in [6, 6.07) is 11.2. The molecule has 3 heterocycles. The van der Waals surface area contributed by atoms with Gasteiger partial charge in [0, 0.05) is 18.5 Å². The first-order valence-corrected chi connectivity index (χ1v) is 10.6. The molecule has 0 aliphatic carbocycles. The second-order valence-electron chi connectivity index (χ2n) is 7.82. The summed E-state index contributed by atoms with van der Waals surface area (Å²) < 4.78 is 21.0. The van der Waals surface area contributed by atoms with Crippen LogP contribution in [0.5, 0.6) is 5.75 Å². The van der Waals surface area contributed by atoms with Crippen molar-refractivity contribution in [3.8, 4) is 22.6 Å². The predicted octanol–water partition coefficient (Wildman–Crippen LogP) is 4.57. The fourth-order valence-electron chi connectivity index (χ4n) is 4.29. The van der Waals surface area contributed by atoms with Crippen LogP contribution >= 0.6 is 0 Å². The molecule has 0 amide bonds. The van der Waals surface area contributed by atoms with Gasteiger partial charge in [-0.15, -0.1) is 0 Å². The van der Waals surface area contributed by atoms with Gasteiger partial charge in [-0.05, 0) is 66.9 Å². The Kier molecular flexibility index (Phi) is 5.32. The summed E-state index contributed by atoms with van der Waals surface area (Å²) in [7, 11) is 1.39. The summed E-state index contributed by atoms with van der Waals surface area (Å²) in [5, 5.41) is 3.69. The molecule has 164 valence electrons. The lowest BCUT2D eigenvalue weighted by Gasteiger charge is -2.20. The van der Waals surface area contributed by atoms with Crippen molar-refractivity contribution in [2.75, 3.05) is 13.7 Å². The summed E-state index contributed by atoms with van der Waals surface area (Å²) in [6.45, 7) is 8.34. The highest BCUT2D eigenvalue weighted by Gasteiger charge is 2.25. The Morgan fingerprint density at radius 3 is 2.70 bits per heavy atom. The van der Waals surface area contributed by atoms with Gasteiger partial charge in [0.15, 0.2) is 17.3 Å². The minimum atomic E-state index is -0.570. The van der Waals surface area contributed by atoms with Crippen LogP contribution in [0.1, 0.15) is 24.7 Å². The third kappa shape index (κ3) is 3.62. The van der Waals surface area contributed by atoms with E-state index in [2.05, 4.69) is 15.1 Å². The molecule has 8 heteroatoms. The highest BCUT2D eigenvalue weighted by atomic mass is 19.1. The number of methoxy groups -OCH3 is 1. The molecule has 1 saturated heterocycles. The molecular weight excluding hydrogens is 421 g/mol. The number of aromatic nitrogens is 3. The number of nitrogens with zero attached hydrogens (tertiary/aromatic N) is 4. The molecule has 1 N–H and O–H groups in total. The van der Waals surface area contributed by atoms with Crippen molar-refractivity contribution in [1.82, 2.24) is 19.9 Å². The second kappa shape index (κ2) is 8.45. The molecule has 0 radical (unpaired) electrons.